The van der Waals surface area contributed by atoms with Gasteiger partial charge in [0.15, 0.2) is 0 Å². The zero-order valence-electron chi connectivity index (χ0n) is 10.1. The Morgan fingerprint density at radius 1 is 1.35 bits per heavy atom. The van der Waals surface area contributed by atoms with Gasteiger partial charge in [-0.15, -0.1) is 0 Å². The number of carbonyl (C=O) groups is 1. The number of benzene rings is 1. The highest BCUT2D eigenvalue weighted by molar-refractivity contribution is 7.85. The Hall–Kier alpha value is -2.00. The first-order chi connectivity index (χ1) is 9.49. The highest BCUT2D eigenvalue weighted by Crippen LogP contribution is 2.18. The zero-order chi connectivity index (χ0) is 14.7. The molecule has 1 amide bonds. The van der Waals surface area contributed by atoms with Gasteiger partial charge >= 0.3 is 5.76 Å². The number of nitrogens with two attached hydrogens (primary N) is 1. The minimum Gasteiger partial charge on any atom is -0.366 e. The van der Waals surface area contributed by atoms with Gasteiger partial charge < -0.3 is 16.5 Å². The van der Waals surface area contributed by atoms with Crippen molar-refractivity contribution < 1.29 is 17.8 Å². The lowest BCUT2D eigenvalue weighted by Crippen LogP contribution is -2.40. The summed E-state index contributed by atoms with van der Waals surface area (Å²) in [5, 5.41) is 2.94. The highest BCUT2D eigenvalue weighted by atomic mass is 32.2. The number of rotatable bonds is 5. The van der Waals surface area contributed by atoms with Crippen molar-refractivity contribution in [3.05, 3.63) is 36.0 Å². The lowest BCUT2D eigenvalue weighted by molar-refractivity contribution is -0.114. The number of hydrogen-bond donors (Lipinski definition) is 4. The third kappa shape index (κ3) is 3.11. The van der Waals surface area contributed by atoms with Crippen molar-refractivity contribution >= 4 is 22.4 Å². The predicted octanol–water partition coefficient (Wildman–Crippen LogP) is 0.232. The van der Waals surface area contributed by atoms with Crippen LogP contribution in [0.25, 0.3) is 0 Å². The first kappa shape index (κ1) is 14.4. The number of hydrogen-bond acceptors (Lipinski definition) is 5. The second-order valence-corrected chi connectivity index (χ2v) is 5.33. The minimum absolute atomic E-state index is 0.0359. The molecule has 0 fully saturated rings. The maximum absolute atomic E-state index is 12.3. The molecular formula is C11H12F2N4O2S. The van der Waals surface area contributed by atoms with E-state index >= 15 is 0 Å². The van der Waals surface area contributed by atoms with Gasteiger partial charge in [-0.3, -0.25) is 4.79 Å². The Morgan fingerprint density at radius 2 is 2.00 bits per heavy atom. The van der Waals surface area contributed by atoms with Crippen LogP contribution in [0.3, 0.4) is 0 Å². The lowest BCUT2D eigenvalue weighted by atomic mass is 10.2. The molecule has 1 aromatic carbocycles. The first-order valence-electron chi connectivity index (χ1n) is 5.55. The summed E-state index contributed by atoms with van der Waals surface area (Å²) in [4.78, 5) is 11.2. The molecule has 6 nitrogen and oxygen atoms in total. The second-order valence-electron chi connectivity index (χ2n) is 3.91. The van der Waals surface area contributed by atoms with E-state index in [4.69, 9.17) is 5.73 Å². The molecule has 0 saturated carbocycles. The van der Waals surface area contributed by atoms with Crippen molar-refractivity contribution in [1.82, 2.24) is 10.9 Å². The van der Waals surface area contributed by atoms with Gasteiger partial charge in [-0.2, -0.15) is 8.78 Å². The Kier molecular flexibility index (Phi) is 4.30. The van der Waals surface area contributed by atoms with E-state index in [2.05, 4.69) is 16.2 Å². The number of amides is 1. The van der Waals surface area contributed by atoms with Crippen LogP contribution in [0.2, 0.25) is 0 Å². The molecule has 108 valence electrons. The van der Waals surface area contributed by atoms with Gasteiger partial charge in [0.05, 0.1) is 5.57 Å². The highest BCUT2D eigenvalue weighted by Gasteiger charge is 2.23. The molecule has 1 aliphatic rings. The van der Waals surface area contributed by atoms with Crippen LogP contribution in [0.4, 0.5) is 14.5 Å². The van der Waals surface area contributed by atoms with Crippen LogP contribution >= 0.6 is 0 Å². The molecule has 0 aliphatic carbocycles. The lowest BCUT2D eigenvalue weighted by Gasteiger charge is -2.16. The van der Waals surface area contributed by atoms with Crippen molar-refractivity contribution in [3.8, 4) is 0 Å². The normalized spacial score (nSPS) is 19.4. The number of nitrogens with one attached hydrogen (secondary N) is 3. The van der Waals surface area contributed by atoms with Gasteiger partial charge in [0.1, 0.15) is 17.0 Å². The monoisotopic (exact) mass is 302 g/mol. The fourth-order valence-corrected chi connectivity index (χ4v) is 2.26. The quantitative estimate of drug-likeness (QED) is 0.624. The molecule has 0 saturated heterocycles. The van der Waals surface area contributed by atoms with E-state index < -0.39 is 28.6 Å². The summed E-state index contributed by atoms with van der Waals surface area (Å²) in [6, 6.07) is 5.66. The molecule has 1 heterocycles. The molecule has 5 N–H and O–H groups in total. The average molecular weight is 302 g/mol. The molecule has 2 unspecified atom stereocenters. The predicted molar refractivity (Wildman–Crippen MR) is 69.8 cm³/mol. The smallest absolute Gasteiger partial charge is 0.316 e. The Balaban J connectivity index is 2.06. The maximum Gasteiger partial charge on any atom is 0.316 e. The van der Waals surface area contributed by atoms with Crippen molar-refractivity contribution in [1.29, 1.82) is 0 Å². The maximum atomic E-state index is 12.3. The summed E-state index contributed by atoms with van der Waals surface area (Å²) in [5.41, 5.74) is 11.5. The Labute approximate surface area is 115 Å². The van der Waals surface area contributed by atoms with Crippen molar-refractivity contribution in [2.24, 2.45) is 5.73 Å². The molecule has 1 aliphatic heterocycles. The SMILES string of the molecule is NC(=O)C1=CNNC1Nc1ccc(S(=O)C(F)F)cc1. The van der Waals surface area contributed by atoms with Crippen LogP contribution in [0.1, 0.15) is 0 Å². The summed E-state index contributed by atoms with van der Waals surface area (Å²) >= 11 is 0. The summed E-state index contributed by atoms with van der Waals surface area (Å²) in [6.07, 6.45) is 0.902. The molecule has 2 rings (SSSR count). The van der Waals surface area contributed by atoms with Crippen LogP contribution in [0.5, 0.6) is 0 Å². The average Bonchev–Trinajstić information content (AvgIpc) is 2.87. The third-order valence-electron chi connectivity index (χ3n) is 2.61. The van der Waals surface area contributed by atoms with Crippen molar-refractivity contribution in [2.45, 2.75) is 16.8 Å². The van der Waals surface area contributed by atoms with E-state index in [-0.39, 0.29) is 4.90 Å². The van der Waals surface area contributed by atoms with Gasteiger partial charge in [0, 0.05) is 16.8 Å². The van der Waals surface area contributed by atoms with E-state index in [0.29, 0.717) is 11.3 Å². The molecule has 0 aromatic heterocycles. The minimum atomic E-state index is -2.92. The van der Waals surface area contributed by atoms with Crippen LogP contribution in [-0.2, 0) is 15.6 Å². The van der Waals surface area contributed by atoms with Gasteiger partial charge in [-0.1, -0.05) is 0 Å². The number of primary amides is 1. The molecule has 2 atom stereocenters. The Morgan fingerprint density at radius 3 is 2.55 bits per heavy atom. The Bertz CT molecular complexity index is 562. The van der Waals surface area contributed by atoms with Crippen molar-refractivity contribution in [2.75, 3.05) is 5.32 Å². The van der Waals surface area contributed by atoms with Crippen molar-refractivity contribution in [3.63, 3.8) is 0 Å². The molecular weight excluding hydrogens is 290 g/mol. The summed E-state index contributed by atoms with van der Waals surface area (Å²) in [7, 11) is -2.34. The van der Waals surface area contributed by atoms with Gasteiger partial charge in [0.2, 0.25) is 5.91 Å². The van der Waals surface area contributed by atoms with E-state index in [0.717, 1.165) is 0 Å². The van der Waals surface area contributed by atoms with E-state index in [1.54, 1.807) is 0 Å². The summed E-state index contributed by atoms with van der Waals surface area (Å²) < 4.78 is 35.8. The number of halogens is 2. The van der Waals surface area contributed by atoms with Crippen LogP contribution in [-0.4, -0.2) is 22.0 Å². The van der Waals surface area contributed by atoms with Crippen LogP contribution in [0.15, 0.2) is 40.9 Å². The fraction of sp³-hybridized carbons (Fsp3) is 0.182. The zero-order valence-corrected chi connectivity index (χ0v) is 10.9. The van der Waals surface area contributed by atoms with Gasteiger partial charge in [0.25, 0.3) is 0 Å². The number of alkyl halides is 2. The van der Waals surface area contributed by atoms with Crippen LogP contribution < -0.4 is 21.9 Å². The molecule has 20 heavy (non-hydrogen) atoms. The molecule has 0 spiro atoms. The number of carbonyl (C=O) groups excluding carboxylic acids is 1. The number of anilines is 1. The first-order valence-corrected chi connectivity index (χ1v) is 6.76. The fourth-order valence-electron chi connectivity index (χ4n) is 1.65. The third-order valence-corrected chi connectivity index (χ3v) is 3.67. The standard InChI is InChI=1S/C11H12F2N4O2S/c12-11(13)20(19)7-3-1-6(2-4-7)16-10-8(9(14)18)5-15-17-10/h1-5,10-11,15-17H,(H2,14,18). The van der Waals surface area contributed by atoms with E-state index in [1.807, 2.05) is 0 Å². The van der Waals surface area contributed by atoms with Crippen LogP contribution in [0, 0.1) is 0 Å². The van der Waals surface area contributed by atoms with E-state index in [9.17, 15) is 17.8 Å². The largest absolute Gasteiger partial charge is 0.366 e. The topological polar surface area (TPSA) is 96.2 Å². The van der Waals surface area contributed by atoms with Gasteiger partial charge in [-0.05, 0) is 24.3 Å². The summed E-state index contributed by atoms with van der Waals surface area (Å²) in [6.45, 7) is 0. The van der Waals surface area contributed by atoms with E-state index in [1.165, 1.54) is 30.5 Å². The second kappa shape index (κ2) is 5.97. The number of hydrazine groups is 1. The molecule has 0 bridgehead atoms. The van der Waals surface area contributed by atoms with Gasteiger partial charge in [-0.25, -0.2) is 9.63 Å². The molecule has 0 radical (unpaired) electrons. The molecule has 9 heteroatoms. The summed E-state index contributed by atoms with van der Waals surface area (Å²) in [5.74, 6) is -3.51. The molecule has 1 aromatic rings.